The molecule has 1 aliphatic heterocycles. The van der Waals surface area contributed by atoms with Gasteiger partial charge in [-0.15, -0.1) is 0 Å². The Kier molecular flexibility index (Phi) is 5.24. The van der Waals surface area contributed by atoms with Gasteiger partial charge in [-0.1, -0.05) is 0 Å². The van der Waals surface area contributed by atoms with Crippen LogP contribution >= 0.6 is 0 Å². The third-order valence-electron chi connectivity index (χ3n) is 3.28. The van der Waals surface area contributed by atoms with E-state index in [-0.39, 0.29) is 18.1 Å². The molecule has 0 atom stereocenters. The molecule has 7 heteroatoms. The number of carboxylic acids is 1. The van der Waals surface area contributed by atoms with Crippen LogP contribution in [0, 0.1) is 5.82 Å². The molecule has 0 aromatic heterocycles. The summed E-state index contributed by atoms with van der Waals surface area (Å²) in [7, 11) is 0. The van der Waals surface area contributed by atoms with Gasteiger partial charge in [-0.25, -0.2) is 9.18 Å². The van der Waals surface area contributed by atoms with Crippen LogP contribution in [-0.4, -0.2) is 54.6 Å². The van der Waals surface area contributed by atoms with Gasteiger partial charge >= 0.3 is 5.97 Å². The van der Waals surface area contributed by atoms with Crippen LogP contribution in [0.2, 0.25) is 0 Å². The number of anilines is 1. The van der Waals surface area contributed by atoms with Crippen molar-refractivity contribution < 1.29 is 19.1 Å². The van der Waals surface area contributed by atoms with Crippen LogP contribution in [0.5, 0.6) is 0 Å². The van der Waals surface area contributed by atoms with Crippen molar-refractivity contribution in [2.24, 2.45) is 0 Å². The molecular formula is C14H18FN3O3. The topological polar surface area (TPSA) is 81.7 Å². The Balaban J connectivity index is 1.93. The first-order chi connectivity index (χ1) is 10.1. The zero-order valence-electron chi connectivity index (χ0n) is 11.6. The second-order valence-corrected chi connectivity index (χ2v) is 4.93. The van der Waals surface area contributed by atoms with Gasteiger partial charge in [-0.3, -0.25) is 9.69 Å². The van der Waals surface area contributed by atoms with E-state index >= 15 is 0 Å². The fourth-order valence-electron chi connectivity index (χ4n) is 2.23. The summed E-state index contributed by atoms with van der Waals surface area (Å²) < 4.78 is 13.5. The number of aromatic carboxylic acids is 1. The van der Waals surface area contributed by atoms with Crippen molar-refractivity contribution in [3.63, 3.8) is 0 Å². The van der Waals surface area contributed by atoms with E-state index in [1.54, 1.807) is 0 Å². The zero-order valence-corrected chi connectivity index (χ0v) is 11.6. The summed E-state index contributed by atoms with van der Waals surface area (Å²) in [5, 5.41) is 14.6. The van der Waals surface area contributed by atoms with Gasteiger partial charge in [0, 0.05) is 18.8 Å². The van der Waals surface area contributed by atoms with E-state index in [0.29, 0.717) is 0 Å². The summed E-state index contributed by atoms with van der Waals surface area (Å²) in [5.74, 6) is -2.43. The Hall–Kier alpha value is -1.99. The van der Waals surface area contributed by atoms with Crippen molar-refractivity contribution >= 4 is 17.6 Å². The van der Waals surface area contributed by atoms with Crippen LogP contribution < -0.4 is 10.6 Å². The minimum atomic E-state index is -1.33. The minimum absolute atomic E-state index is 0.237. The number of carboxylic acid groups (broad SMARTS) is 1. The lowest BCUT2D eigenvalue weighted by molar-refractivity contribution is -0.117. The van der Waals surface area contributed by atoms with Crippen molar-refractivity contribution in [1.29, 1.82) is 0 Å². The molecule has 0 spiro atoms. The number of carbonyl (C=O) groups is 2. The predicted octanol–water partition coefficient (Wildman–Crippen LogP) is 0.758. The minimum Gasteiger partial charge on any atom is -0.478 e. The summed E-state index contributed by atoms with van der Waals surface area (Å²) >= 11 is 0. The average Bonchev–Trinajstić information content (AvgIpc) is 2.66. The zero-order chi connectivity index (χ0) is 15.2. The Morgan fingerprint density at radius 1 is 1.33 bits per heavy atom. The lowest BCUT2D eigenvalue weighted by Gasteiger charge is -2.18. The highest BCUT2D eigenvalue weighted by Crippen LogP contribution is 2.14. The monoisotopic (exact) mass is 295 g/mol. The number of hydrogen-bond donors (Lipinski definition) is 3. The summed E-state index contributed by atoms with van der Waals surface area (Å²) in [6.07, 6.45) is 0.981. The summed E-state index contributed by atoms with van der Waals surface area (Å²) in [6, 6.07) is 3.54. The molecule has 1 amide bonds. The maximum Gasteiger partial charge on any atom is 0.338 e. The van der Waals surface area contributed by atoms with Gasteiger partial charge < -0.3 is 15.7 Å². The largest absolute Gasteiger partial charge is 0.478 e. The number of nitrogens with one attached hydrogen (secondary N) is 2. The van der Waals surface area contributed by atoms with E-state index in [2.05, 4.69) is 10.6 Å². The standard InChI is InChI=1S/C14H18FN3O3/c15-12-8-10(2-3-11(12)14(20)21)17-13(19)9-18-6-1-4-16-5-7-18/h2-3,8,16H,1,4-7,9H2,(H,17,19)(H,20,21). The second-order valence-electron chi connectivity index (χ2n) is 4.93. The second kappa shape index (κ2) is 7.14. The molecule has 1 saturated heterocycles. The Morgan fingerprint density at radius 3 is 2.86 bits per heavy atom. The molecule has 21 heavy (non-hydrogen) atoms. The van der Waals surface area contributed by atoms with E-state index in [4.69, 9.17) is 5.11 Å². The van der Waals surface area contributed by atoms with Crippen molar-refractivity contribution in [1.82, 2.24) is 10.2 Å². The Labute approximate surface area is 121 Å². The van der Waals surface area contributed by atoms with Crippen LogP contribution in [0.4, 0.5) is 10.1 Å². The van der Waals surface area contributed by atoms with E-state index in [1.165, 1.54) is 6.07 Å². The molecular weight excluding hydrogens is 277 g/mol. The van der Waals surface area contributed by atoms with Gasteiger partial charge in [0.2, 0.25) is 5.91 Å². The number of halogens is 1. The van der Waals surface area contributed by atoms with Gasteiger partial charge in [0.25, 0.3) is 0 Å². The lowest BCUT2D eigenvalue weighted by atomic mass is 10.2. The van der Waals surface area contributed by atoms with Crippen molar-refractivity contribution in [2.45, 2.75) is 6.42 Å². The SMILES string of the molecule is O=C(CN1CCCNCC1)Nc1ccc(C(=O)O)c(F)c1. The summed E-state index contributed by atoms with van der Waals surface area (Å²) in [6.45, 7) is 3.66. The number of rotatable bonds is 4. The molecule has 1 heterocycles. The van der Waals surface area contributed by atoms with Gasteiger partial charge in [0.05, 0.1) is 12.1 Å². The molecule has 2 rings (SSSR count). The highest BCUT2D eigenvalue weighted by atomic mass is 19.1. The first-order valence-corrected chi connectivity index (χ1v) is 6.82. The highest BCUT2D eigenvalue weighted by Gasteiger charge is 2.14. The fourth-order valence-corrected chi connectivity index (χ4v) is 2.23. The van der Waals surface area contributed by atoms with Gasteiger partial charge in [0.15, 0.2) is 0 Å². The molecule has 1 aromatic carbocycles. The highest BCUT2D eigenvalue weighted by molar-refractivity contribution is 5.93. The summed E-state index contributed by atoms with van der Waals surface area (Å²) in [5.41, 5.74) is -0.151. The van der Waals surface area contributed by atoms with Crippen LogP contribution in [0.25, 0.3) is 0 Å². The van der Waals surface area contributed by atoms with Gasteiger partial charge in [-0.2, -0.15) is 0 Å². The molecule has 1 aromatic rings. The lowest BCUT2D eigenvalue weighted by Crippen LogP contribution is -2.35. The Bertz CT molecular complexity index is 528. The van der Waals surface area contributed by atoms with Crippen molar-refractivity contribution in [3.05, 3.63) is 29.6 Å². The normalized spacial score (nSPS) is 16.2. The van der Waals surface area contributed by atoms with E-state index in [9.17, 15) is 14.0 Å². The molecule has 114 valence electrons. The number of benzene rings is 1. The average molecular weight is 295 g/mol. The van der Waals surface area contributed by atoms with E-state index < -0.39 is 17.3 Å². The summed E-state index contributed by atoms with van der Waals surface area (Å²) in [4.78, 5) is 24.6. The Morgan fingerprint density at radius 2 is 2.14 bits per heavy atom. The smallest absolute Gasteiger partial charge is 0.338 e. The van der Waals surface area contributed by atoms with E-state index in [1.807, 2.05) is 4.90 Å². The van der Waals surface area contributed by atoms with Crippen LogP contribution in [0.3, 0.4) is 0 Å². The van der Waals surface area contributed by atoms with Crippen molar-refractivity contribution in [2.75, 3.05) is 38.0 Å². The maximum absolute atomic E-state index is 13.5. The number of nitrogens with zero attached hydrogens (tertiary/aromatic N) is 1. The van der Waals surface area contributed by atoms with Gasteiger partial charge in [0.1, 0.15) is 5.82 Å². The first-order valence-electron chi connectivity index (χ1n) is 6.82. The van der Waals surface area contributed by atoms with Crippen molar-refractivity contribution in [3.8, 4) is 0 Å². The molecule has 0 radical (unpaired) electrons. The third-order valence-corrected chi connectivity index (χ3v) is 3.28. The van der Waals surface area contributed by atoms with Crippen LogP contribution in [0.1, 0.15) is 16.8 Å². The number of hydrogen-bond acceptors (Lipinski definition) is 4. The molecule has 0 aliphatic carbocycles. The maximum atomic E-state index is 13.5. The fraction of sp³-hybridized carbons (Fsp3) is 0.429. The number of carbonyl (C=O) groups excluding carboxylic acids is 1. The first kappa shape index (κ1) is 15.4. The predicted molar refractivity (Wildman–Crippen MR) is 75.9 cm³/mol. The van der Waals surface area contributed by atoms with Gasteiger partial charge in [-0.05, 0) is 37.7 Å². The molecule has 6 nitrogen and oxygen atoms in total. The van der Waals surface area contributed by atoms with Crippen LogP contribution in [0.15, 0.2) is 18.2 Å². The molecule has 0 saturated carbocycles. The molecule has 0 unspecified atom stereocenters. The number of amides is 1. The molecule has 0 bridgehead atoms. The molecule has 3 N–H and O–H groups in total. The van der Waals surface area contributed by atoms with Crippen LogP contribution in [-0.2, 0) is 4.79 Å². The quantitative estimate of drug-likeness (QED) is 0.764. The molecule has 1 aliphatic rings. The molecule has 1 fully saturated rings. The van der Waals surface area contributed by atoms with E-state index in [0.717, 1.165) is 44.7 Å². The third kappa shape index (κ3) is 4.51.